The Morgan fingerprint density at radius 2 is 2.29 bits per heavy atom. The molecule has 0 aliphatic rings. The summed E-state index contributed by atoms with van der Waals surface area (Å²) >= 11 is 0. The van der Waals surface area contributed by atoms with E-state index in [4.69, 9.17) is 9.84 Å². The fraction of sp³-hybridized carbons (Fsp3) is 0.385. The molecule has 0 atom stereocenters. The second-order valence-corrected chi connectivity index (χ2v) is 4.41. The number of benzene rings is 1. The predicted molar refractivity (Wildman–Crippen MR) is 70.4 cm³/mol. The molecule has 0 aliphatic carbocycles. The van der Waals surface area contributed by atoms with Crippen molar-refractivity contribution in [2.75, 3.05) is 0 Å². The van der Waals surface area contributed by atoms with E-state index in [1.165, 1.54) is 0 Å². The second kappa shape index (κ2) is 6.78. The predicted octanol–water partition coefficient (Wildman–Crippen LogP) is 1.89. The molecule has 1 aromatic heterocycles. The van der Waals surface area contributed by atoms with Gasteiger partial charge in [0.1, 0.15) is 23.7 Å². The summed E-state index contributed by atoms with van der Waals surface area (Å²) < 4.78 is 20.2. The number of ether oxygens (including phenoxy) is 1. The number of carboxylic acids is 1. The molecule has 1 heterocycles. The highest BCUT2D eigenvalue weighted by atomic mass is 19.1. The van der Waals surface area contributed by atoms with Crippen LogP contribution < -0.4 is 4.74 Å². The third-order valence-corrected chi connectivity index (χ3v) is 2.86. The fourth-order valence-corrected chi connectivity index (χ4v) is 1.74. The molecule has 21 heavy (non-hydrogen) atoms. The Bertz CT molecular complexity index is 630. The van der Waals surface area contributed by atoms with E-state index in [-0.39, 0.29) is 17.9 Å². The second-order valence-electron chi connectivity index (χ2n) is 4.41. The summed E-state index contributed by atoms with van der Waals surface area (Å²) in [5.74, 6) is -1.34. The Hall–Kier alpha value is -2.51. The van der Waals surface area contributed by atoms with Gasteiger partial charge in [-0.15, -0.1) is 5.10 Å². The van der Waals surface area contributed by atoms with Crippen molar-refractivity contribution in [1.82, 2.24) is 20.2 Å². The molecule has 8 heteroatoms. The third-order valence-electron chi connectivity index (χ3n) is 2.86. The largest absolute Gasteiger partial charge is 0.485 e. The van der Waals surface area contributed by atoms with Crippen LogP contribution in [0.1, 0.15) is 35.9 Å². The van der Waals surface area contributed by atoms with Gasteiger partial charge in [0.15, 0.2) is 5.82 Å². The maximum absolute atomic E-state index is 13.2. The minimum Gasteiger partial charge on any atom is -0.485 e. The number of carbonyl (C=O) groups is 1. The fourth-order valence-electron chi connectivity index (χ4n) is 1.74. The SMILES string of the molecule is CCCCn1nnnc1COc1cc(F)ccc1C(=O)O. The molecule has 2 aromatic rings. The van der Waals surface area contributed by atoms with Gasteiger partial charge in [-0.25, -0.2) is 13.9 Å². The topological polar surface area (TPSA) is 90.1 Å². The van der Waals surface area contributed by atoms with E-state index in [1.54, 1.807) is 4.68 Å². The molecule has 0 aliphatic heterocycles. The van der Waals surface area contributed by atoms with Crippen LogP contribution in [0.3, 0.4) is 0 Å². The zero-order valence-corrected chi connectivity index (χ0v) is 11.5. The van der Waals surface area contributed by atoms with Gasteiger partial charge in [-0.2, -0.15) is 0 Å². The van der Waals surface area contributed by atoms with Crippen molar-refractivity contribution in [3.05, 3.63) is 35.4 Å². The Labute approximate surface area is 120 Å². The van der Waals surface area contributed by atoms with E-state index >= 15 is 0 Å². The van der Waals surface area contributed by atoms with Crippen molar-refractivity contribution < 1.29 is 19.0 Å². The first-order valence-corrected chi connectivity index (χ1v) is 6.52. The molecular formula is C13H15FN4O3. The molecule has 7 nitrogen and oxygen atoms in total. The molecule has 0 fully saturated rings. The van der Waals surface area contributed by atoms with Crippen LogP contribution in [0.5, 0.6) is 5.75 Å². The highest BCUT2D eigenvalue weighted by molar-refractivity contribution is 5.90. The summed E-state index contributed by atoms with van der Waals surface area (Å²) in [6.07, 6.45) is 1.91. The van der Waals surface area contributed by atoms with Gasteiger partial charge in [-0.05, 0) is 29.0 Å². The summed E-state index contributed by atoms with van der Waals surface area (Å²) in [5.41, 5.74) is -0.107. The first kappa shape index (κ1) is 14.9. The van der Waals surface area contributed by atoms with Crippen LogP contribution >= 0.6 is 0 Å². The number of carboxylic acid groups (broad SMARTS) is 1. The van der Waals surface area contributed by atoms with Gasteiger partial charge < -0.3 is 9.84 Å². The monoisotopic (exact) mass is 294 g/mol. The summed E-state index contributed by atoms with van der Waals surface area (Å²) in [7, 11) is 0. The zero-order chi connectivity index (χ0) is 15.2. The van der Waals surface area contributed by atoms with Crippen molar-refractivity contribution in [2.24, 2.45) is 0 Å². The van der Waals surface area contributed by atoms with E-state index in [9.17, 15) is 9.18 Å². The zero-order valence-electron chi connectivity index (χ0n) is 11.5. The van der Waals surface area contributed by atoms with Crippen LogP contribution in [0.4, 0.5) is 4.39 Å². The van der Waals surface area contributed by atoms with Crippen molar-refractivity contribution in [3.8, 4) is 5.75 Å². The quantitative estimate of drug-likeness (QED) is 0.838. The standard InChI is InChI=1S/C13H15FN4O3/c1-2-3-6-18-12(15-16-17-18)8-21-11-7-9(14)4-5-10(11)13(19)20/h4-5,7H,2-3,6,8H2,1H3,(H,19,20). The van der Waals surface area contributed by atoms with Crippen molar-refractivity contribution in [2.45, 2.75) is 32.9 Å². The molecule has 1 aromatic carbocycles. The van der Waals surface area contributed by atoms with Gasteiger partial charge in [0.25, 0.3) is 0 Å². The number of tetrazole rings is 1. The molecule has 0 saturated heterocycles. The van der Waals surface area contributed by atoms with E-state index in [1.807, 2.05) is 6.92 Å². The van der Waals surface area contributed by atoms with E-state index < -0.39 is 11.8 Å². The lowest BCUT2D eigenvalue weighted by Crippen LogP contribution is -2.10. The first-order chi connectivity index (χ1) is 10.1. The maximum Gasteiger partial charge on any atom is 0.339 e. The van der Waals surface area contributed by atoms with Crippen LogP contribution in [-0.2, 0) is 13.2 Å². The number of unbranched alkanes of at least 4 members (excludes halogenated alkanes) is 1. The van der Waals surface area contributed by atoms with Crippen molar-refractivity contribution in [3.63, 3.8) is 0 Å². The number of nitrogens with zero attached hydrogens (tertiary/aromatic N) is 4. The van der Waals surface area contributed by atoms with Gasteiger partial charge in [-0.3, -0.25) is 0 Å². The van der Waals surface area contributed by atoms with Crippen LogP contribution in [0.15, 0.2) is 18.2 Å². The van der Waals surface area contributed by atoms with Crippen LogP contribution in [0.25, 0.3) is 0 Å². The van der Waals surface area contributed by atoms with Gasteiger partial charge in [0.2, 0.25) is 0 Å². The molecule has 0 radical (unpaired) electrons. The van der Waals surface area contributed by atoms with Crippen molar-refractivity contribution >= 4 is 5.97 Å². The summed E-state index contributed by atoms with van der Waals surface area (Å²) in [5, 5.41) is 20.2. The molecule has 1 N–H and O–H groups in total. The minimum absolute atomic E-state index is 0.0273. The number of aryl methyl sites for hydroxylation is 1. The number of aromatic carboxylic acids is 1. The van der Waals surface area contributed by atoms with E-state index in [0.717, 1.165) is 31.0 Å². The lowest BCUT2D eigenvalue weighted by Gasteiger charge is -2.09. The van der Waals surface area contributed by atoms with Crippen LogP contribution in [-0.4, -0.2) is 31.3 Å². The Morgan fingerprint density at radius 3 is 3.00 bits per heavy atom. The lowest BCUT2D eigenvalue weighted by atomic mass is 10.2. The minimum atomic E-state index is -1.18. The highest BCUT2D eigenvalue weighted by Crippen LogP contribution is 2.21. The molecule has 0 saturated carbocycles. The number of hydrogen-bond donors (Lipinski definition) is 1. The molecule has 0 amide bonds. The number of rotatable bonds is 7. The summed E-state index contributed by atoms with van der Waals surface area (Å²) in [6.45, 7) is 2.67. The first-order valence-electron chi connectivity index (χ1n) is 6.52. The van der Waals surface area contributed by atoms with Gasteiger partial charge >= 0.3 is 5.97 Å². The Kier molecular flexibility index (Phi) is 4.81. The number of hydrogen-bond acceptors (Lipinski definition) is 5. The smallest absolute Gasteiger partial charge is 0.339 e. The summed E-state index contributed by atoms with van der Waals surface area (Å²) in [6, 6.07) is 3.26. The van der Waals surface area contributed by atoms with Crippen LogP contribution in [0.2, 0.25) is 0 Å². The van der Waals surface area contributed by atoms with Crippen molar-refractivity contribution in [1.29, 1.82) is 0 Å². The Balaban J connectivity index is 2.11. The number of halogens is 1. The third kappa shape index (κ3) is 3.74. The number of aromatic nitrogens is 4. The molecule has 0 spiro atoms. The molecular weight excluding hydrogens is 279 g/mol. The maximum atomic E-state index is 13.2. The van der Waals surface area contributed by atoms with E-state index in [2.05, 4.69) is 15.5 Å². The molecule has 0 unspecified atom stereocenters. The summed E-state index contributed by atoms with van der Waals surface area (Å²) in [4.78, 5) is 11.1. The molecule has 2 rings (SSSR count). The average molecular weight is 294 g/mol. The highest BCUT2D eigenvalue weighted by Gasteiger charge is 2.14. The Morgan fingerprint density at radius 1 is 1.48 bits per heavy atom. The van der Waals surface area contributed by atoms with Crippen LogP contribution in [0, 0.1) is 5.82 Å². The van der Waals surface area contributed by atoms with Gasteiger partial charge in [0, 0.05) is 12.6 Å². The lowest BCUT2D eigenvalue weighted by molar-refractivity contribution is 0.0691. The molecule has 112 valence electrons. The van der Waals surface area contributed by atoms with Gasteiger partial charge in [-0.1, -0.05) is 13.3 Å². The van der Waals surface area contributed by atoms with E-state index in [0.29, 0.717) is 12.4 Å². The molecule has 0 bridgehead atoms. The average Bonchev–Trinajstić information content (AvgIpc) is 2.90. The normalized spacial score (nSPS) is 10.6. The van der Waals surface area contributed by atoms with Gasteiger partial charge in [0.05, 0.1) is 0 Å².